The van der Waals surface area contributed by atoms with Crippen LogP contribution in [-0.2, 0) is 16.1 Å². The summed E-state index contributed by atoms with van der Waals surface area (Å²) in [5, 5.41) is 30.2. The number of aliphatic carboxylic acids is 2. The SMILES string of the molecule is CC(C)=CCC[C@]1(C)Oc2cc3c(c4c2[C@H]2[C@H]1CC[C@@](C)(O)[C@H]2O4)CN([C@@H](CCC(=O)O)C(=O)O)C3=O. The molecule has 1 saturated carbocycles. The molecule has 0 radical (unpaired) electrons. The van der Waals surface area contributed by atoms with E-state index in [-0.39, 0.29) is 31.2 Å². The van der Waals surface area contributed by atoms with Crippen LogP contribution in [0, 0.1) is 5.92 Å². The number of rotatable bonds is 8. The minimum absolute atomic E-state index is 0.0114. The topological polar surface area (TPSA) is 134 Å². The second-order valence-corrected chi connectivity index (χ2v) is 11.7. The van der Waals surface area contributed by atoms with E-state index in [4.69, 9.17) is 14.6 Å². The van der Waals surface area contributed by atoms with E-state index in [0.717, 1.165) is 24.8 Å². The lowest BCUT2D eigenvalue weighted by Gasteiger charge is -2.51. The number of carbonyl (C=O) groups is 3. The maximum Gasteiger partial charge on any atom is 0.326 e. The van der Waals surface area contributed by atoms with Crippen molar-refractivity contribution in [1.29, 1.82) is 0 Å². The molecule has 1 aliphatic carbocycles. The summed E-state index contributed by atoms with van der Waals surface area (Å²) in [4.78, 5) is 37.8. The van der Waals surface area contributed by atoms with Gasteiger partial charge in [-0.15, -0.1) is 0 Å². The standard InChI is InChI=1S/C28H35NO8/c1-14(2)6-5-10-28(4)17-9-11-27(3,35)24-21(17)22-19(37-28)12-15-16(23(22)36-24)13-29(25(15)32)18(26(33)34)7-8-20(30)31/h6,12,17-18,21,24,35H,5,7-11,13H2,1-4H3,(H,30,31)(H,33,34)/t17-,18+,21-,24+,27-,28+/m1/s1. The molecular formula is C28H35NO8. The first-order chi connectivity index (χ1) is 17.3. The highest BCUT2D eigenvalue weighted by Crippen LogP contribution is 2.63. The zero-order valence-corrected chi connectivity index (χ0v) is 21.7. The maximum atomic E-state index is 13.5. The van der Waals surface area contributed by atoms with E-state index in [1.54, 1.807) is 13.0 Å². The fourth-order valence-electron chi connectivity index (χ4n) is 6.84. The average molecular weight is 514 g/mol. The number of ether oxygens (including phenoxy) is 2. The first kappa shape index (κ1) is 25.6. The molecule has 0 bridgehead atoms. The van der Waals surface area contributed by atoms with Gasteiger partial charge in [0.1, 0.15) is 29.2 Å². The Labute approximate surface area is 216 Å². The fraction of sp³-hybridized carbons (Fsp3) is 0.607. The van der Waals surface area contributed by atoms with Gasteiger partial charge >= 0.3 is 11.9 Å². The van der Waals surface area contributed by atoms with Crippen molar-refractivity contribution >= 4 is 17.8 Å². The zero-order chi connectivity index (χ0) is 26.9. The van der Waals surface area contributed by atoms with Crippen LogP contribution in [0.25, 0.3) is 0 Å². The van der Waals surface area contributed by atoms with Gasteiger partial charge in [0.25, 0.3) is 5.91 Å². The van der Waals surface area contributed by atoms with Gasteiger partial charge in [-0.2, -0.15) is 0 Å². The molecule has 3 N–H and O–H groups in total. The van der Waals surface area contributed by atoms with Gasteiger partial charge in [0.2, 0.25) is 0 Å². The van der Waals surface area contributed by atoms with Gasteiger partial charge in [0, 0.05) is 29.4 Å². The molecule has 1 fully saturated rings. The van der Waals surface area contributed by atoms with Gasteiger partial charge in [-0.3, -0.25) is 9.59 Å². The average Bonchev–Trinajstić information content (AvgIpc) is 3.34. The quantitative estimate of drug-likeness (QED) is 0.446. The summed E-state index contributed by atoms with van der Waals surface area (Å²) in [7, 11) is 0. The van der Waals surface area contributed by atoms with Crippen molar-refractivity contribution in [1.82, 2.24) is 4.90 Å². The third kappa shape index (κ3) is 4.07. The number of benzene rings is 1. The van der Waals surface area contributed by atoms with Crippen molar-refractivity contribution in [2.45, 2.75) is 102 Å². The molecule has 9 heteroatoms. The number of hydrogen-bond acceptors (Lipinski definition) is 6. The number of aliphatic hydroxyl groups is 1. The summed E-state index contributed by atoms with van der Waals surface area (Å²) in [5.41, 5.74) is 1.42. The molecule has 4 aliphatic rings. The van der Waals surface area contributed by atoms with Crippen LogP contribution >= 0.6 is 0 Å². The van der Waals surface area contributed by atoms with Crippen LogP contribution in [0.3, 0.4) is 0 Å². The normalized spacial score (nSPS) is 31.6. The van der Waals surface area contributed by atoms with Crippen molar-refractivity contribution < 1.29 is 39.2 Å². The predicted molar refractivity (Wildman–Crippen MR) is 133 cm³/mol. The summed E-state index contributed by atoms with van der Waals surface area (Å²) in [6, 6.07) is 0.437. The van der Waals surface area contributed by atoms with Crippen LogP contribution in [-0.4, -0.2) is 61.4 Å². The van der Waals surface area contributed by atoms with Gasteiger partial charge in [-0.1, -0.05) is 11.6 Å². The van der Waals surface area contributed by atoms with E-state index in [9.17, 15) is 24.6 Å². The molecule has 3 heterocycles. The lowest BCUT2D eigenvalue weighted by molar-refractivity contribution is -0.143. The number of allylic oxidation sites excluding steroid dienone is 2. The minimum Gasteiger partial charge on any atom is -0.487 e. The maximum absolute atomic E-state index is 13.5. The number of carbonyl (C=O) groups excluding carboxylic acids is 1. The van der Waals surface area contributed by atoms with Gasteiger partial charge < -0.3 is 29.7 Å². The van der Waals surface area contributed by atoms with Gasteiger partial charge in [-0.05, 0) is 65.9 Å². The van der Waals surface area contributed by atoms with E-state index in [1.807, 2.05) is 0 Å². The molecule has 1 aromatic carbocycles. The molecule has 6 atom stereocenters. The molecular weight excluding hydrogens is 478 g/mol. The highest BCUT2D eigenvalue weighted by molar-refractivity contribution is 6.02. The number of carboxylic acid groups (broad SMARTS) is 2. The van der Waals surface area contributed by atoms with Crippen LogP contribution in [0.2, 0.25) is 0 Å². The molecule has 200 valence electrons. The molecule has 1 aromatic rings. The number of fused-ring (bicyclic) bond motifs is 2. The minimum atomic E-state index is -1.27. The Balaban J connectivity index is 1.57. The second kappa shape index (κ2) is 8.75. The van der Waals surface area contributed by atoms with Crippen molar-refractivity contribution in [2.24, 2.45) is 5.92 Å². The molecule has 0 aromatic heterocycles. The lowest BCUT2D eigenvalue weighted by atomic mass is 9.61. The molecule has 1 amide bonds. The Kier molecular flexibility index (Phi) is 6.05. The number of carboxylic acids is 2. The van der Waals surface area contributed by atoms with E-state index in [0.29, 0.717) is 29.0 Å². The van der Waals surface area contributed by atoms with E-state index in [1.165, 1.54) is 10.5 Å². The Morgan fingerprint density at radius 3 is 2.65 bits per heavy atom. The highest BCUT2D eigenvalue weighted by Gasteiger charge is 2.61. The zero-order valence-electron chi connectivity index (χ0n) is 21.7. The van der Waals surface area contributed by atoms with Crippen molar-refractivity contribution in [3.05, 3.63) is 34.4 Å². The summed E-state index contributed by atoms with van der Waals surface area (Å²) in [6.45, 7) is 8.02. The first-order valence-corrected chi connectivity index (χ1v) is 13.0. The van der Waals surface area contributed by atoms with E-state index in [2.05, 4.69) is 26.8 Å². The monoisotopic (exact) mass is 513 g/mol. The van der Waals surface area contributed by atoms with Gasteiger partial charge in [0.15, 0.2) is 0 Å². The number of amides is 1. The Hall–Kier alpha value is -3.07. The molecule has 9 nitrogen and oxygen atoms in total. The number of hydrogen-bond donors (Lipinski definition) is 3. The van der Waals surface area contributed by atoms with Crippen LogP contribution < -0.4 is 9.47 Å². The molecule has 37 heavy (non-hydrogen) atoms. The van der Waals surface area contributed by atoms with Crippen molar-refractivity contribution in [2.75, 3.05) is 0 Å². The van der Waals surface area contributed by atoms with Gasteiger partial charge in [0.05, 0.1) is 17.7 Å². The predicted octanol–water partition coefficient (Wildman–Crippen LogP) is 3.86. The number of nitrogens with zero attached hydrogens (tertiary/aromatic N) is 1. The fourth-order valence-corrected chi connectivity index (χ4v) is 6.84. The Bertz CT molecular complexity index is 1200. The molecule has 0 spiro atoms. The third-order valence-corrected chi connectivity index (χ3v) is 8.73. The van der Waals surface area contributed by atoms with Crippen LogP contribution in [0.4, 0.5) is 0 Å². The Morgan fingerprint density at radius 1 is 1.27 bits per heavy atom. The Morgan fingerprint density at radius 2 is 2.00 bits per heavy atom. The van der Waals surface area contributed by atoms with E-state index < -0.39 is 41.2 Å². The van der Waals surface area contributed by atoms with Crippen LogP contribution in [0.5, 0.6) is 11.5 Å². The summed E-state index contributed by atoms with van der Waals surface area (Å²) in [5.74, 6) is -1.76. The summed E-state index contributed by atoms with van der Waals surface area (Å²) in [6.07, 6.45) is 4.09. The smallest absolute Gasteiger partial charge is 0.326 e. The molecule has 0 unspecified atom stereocenters. The van der Waals surface area contributed by atoms with Crippen LogP contribution in [0.15, 0.2) is 17.7 Å². The molecule has 3 aliphatic heterocycles. The molecule has 0 saturated heterocycles. The summed E-state index contributed by atoms with van der Waals surface area (Å²) < 4.78 is 13.2. The lowest BCUT2D eigenvalue weighted by Crippen LogP contribution is -2.57. The van der Waals surface area contributed by atoms with Crippen molar-refractivity contribution in [3.8, 4) is 11.5 Å². The highest BCUT2D eigenvalue weighted by atomic mass is 16.5. The second-order valence-electron chi connectivity index (χ2n) is 11.7. The summed E-state index contributed by atoms with van der Waals surface area (Å²) >= 11 is 0. The largest absolute Gasteiger partial charge is 0.487 e. The van der Waals surface area contributed by atoms with Crippen LogP contribution in [0.1, 0.15) is 93.6 Å². The van der Waals surface area contributed by atoms with Crippen molar-refractivity contribution in [3.63, 3.8) is 0 Å². The third-order valence-electron chi connectivity index (χ3n) is 8.73. The molecule has 5 rings (SSSR count). The van der Waals surface area contributed by atoms with E-state index >= 15 is 0 Å². The first-order valence-electron chi connectivity index (χ1n) is 13.0. The van der Waals surface area contributed by atoms with Gasteiger partial charge in [-0.25, -0.2) is 4.79 Å².